The van der Waals surface area contributed by atoms with Crippen LogP contribution in [0.15, 0.2) is 5.38 Å². The molecule has 140 valence electrons. The highest BCUT2D eigenvalue weighted by Crippen LogP contribution is 2.20. The number of piperidine rings is 1. The minimum atomic E-state index is -3.03. The fourth-order valence-electron chi connectivity index (χ4n) is 2.50. The summed E-state index contributed by atoms with van der Waals surface area (Å²) in [5, 5.41) is 5.40. The molecule has 0 aromatic carbocycles. The van der Waals surface area contributed by atoms with E-state index in [0.717, 1.165) is 30.3 Å². The van der Waals surface area contributed by atoms with Crippen molar-refractivity contribution in [1.82, 2.24) is 15.2 Å². The predicted molar refractivity (Wildman–Crippen MR) is 96.4 cm³/mol. The van der Waals surface area contributed by atoms with Crippen molar-refractivity contribution in [2.24, 2.45) is 11.7 Å². The summed E-state index contributed by atoms with van der Waals surface area (Å²) in [5.74, 6) is -3.52. The second kappa shape index (κ2) is 10.5. The molecule has 0 aliphatic carbocycles. The van der Waals surface area contributed by atoms with Crippen LogP contribution >= 0.6 is 36.2 Å². The second-order valence-corrected chi connectivity index (χ2v) is 6.75. The number of carbonyl (C=O) groups excluding carboxylic acids is 1. The zero-order valence-electron chi connectivity index (χ0n) is 13.5. The Hall–Kier alpha value is -0.540. The van der Waals surface area contributed by atoms with E-state index in [1.807, 2.05) is 12.3 Å². The Labute approximate surface area is 157 Å². The van der Waals surface area contributed by atoms with Gasteiger partial charge < -0.3 is 11.1 Å². The van der Waals surface area contributed by atoms with E-state index >= 15 is 0 Å². The Balaban J connectivity index is 0.00000264. The van der Waals surface area contributed by atoms with Crippen LogP contribution in [0.1, 0.15) is 23.5 Å². The second-order valence-electron chi connectivity index (χ2n) is 5.69. The summed E-state index contributed by atoms with van der Waals surface area (Å²) < 4.78 is 26.1. The molecule has 24 heavy (non-hydrogen) atoms. The highest BCUT2D eigenvalue weighted by molar-refractivity contribution is 7.09. The number of thiazole rings is 1. The van der Waals surface area contributed by atoms with Crippen molar-refractivity contribution < 1.29 is 13.6 Å². The number of amides is 1. The quantitative estimate of drug-likeness (QED) is 0.762. The Morgan fingerprint density at radius 3 is 2.58 bits per heavy atom. The van der Waals surface area contributed by atoms with Crippen LogP contribution < -0.4 is 11.1 Å². The van der Waals surface area contributed by atoms with Crippen LogP contribution in [0, 0.1) is 12.8 Å². The molecular formula is C14H24Cl2F2N4OS. The van der Waals surface area contributed by atoms with Crippen LogP contribution in [-0.4, -0.2) is 47.9 Å². The smallest absolute Gasteiger partial charge is 0.277 e. The van der Waals surface area contributed by atoms with E-state index in [0.29, 0.717) is 12.8 Å². The Kier molecular flexibility index (Phi) is 10.2. The fourth-order valence-corrected chi connectivity index (χ4v) is 3.10. The van der Waals surface area contributed by atoms with Gasteiger partial charge in [0.1, 0.15) is 0 Å². The number of alkyl halides is 2. The summed E-state index contributed by atoms with van der Waals surface area (Å²) in [5.41, 5.74) is 6.00. The number of carbonyl (C=O) groups is 1. The molecule has 1 aliphatic rings. The fraction of sp³-hybridized carbons (Fsp3) is 0.714. The van der Waals surface area contributed by atoms with Gasteiger partial charge in [0.2, 0.25) is 5.91 Å². The first-order valence-electron chi connectivity index (χ1n) is 7.38. The lowest BCUT2D eigenvalue weighted by Crippen LogP contribution is -2.45. The van der Waals surface area contributed by atoms with Crippen LogP contribution in [0.3, 0.4) is 0 Å². The topological polar surface area (TPSA) is 71.2 Å². The number of rotatable bonds is 6. The molecule has 0 radical (unpaired) electrons. The molecule has 0 bridgehead atoms. The lowest BCUT2D eigenvalue weighted by molar-refractivity contribution is -0.128. The van der Waals surface area contributed by atoms with E-state index in [1.165, 1.54) is 0 Å². The maximum Gasteiger partial charge on any atom is 0.277 e. The number of nitrogens with zero attached hydrogens (tertiary/aromatic N) is 2. The zero-order chi connectivity index (χ0) is 16.2. The molecule has 1 aromatic heterocycles. The van der Waals surface area contributed by atoms with Crippen LogP contribution in [0.4, 0.5) is 8.78 Å². The standard InChI is InChI=1S/C14H22F2N4OS.2ClH/c1-10-19-12(7-22-10)6-20-4-2-11(3-5-20)13(21)18-9-14(15,16)8-17;;/h7,11H,2-6,8-9,17H2,1H3,(H,18,21);2*1H. The predicted octanol–water partition coefficient (Wildman–Crippen LogP) is 2.22. The highest BCUT2D eigenvalue weighted by atomic mass is 35.5. The minimum absolute atomic E-state index is 0. The molecule has 10 heteroatoms. The summed E-state index contributed by atoms with van der Waals surface area (Å²) in [6.07, 6.45) is 1.37. The summed E-state index contributed by atoms with van der Waals surface area (Å²) in [4.78, 5) is 18.6. The van der Waals surface area contributed by atoms with E-state index in [2.05, 4.69) is 15.2 Å². The minimum Gasteiger partial charge on any atom is -0.350 e. The number of hydrogen-bond donors (Lipinski definition) is 2. The van der Waals surface area contributed by atoms with Gasteiger partial charge in [-0.05, 0) is 32.9 Å². The molecule has 0 spiro atoms. The molecule has 3 N–H and O–H groups in total. The van der Waals surface area contributed by atoms with Crippen LogP contribution in [0.25, 0.3) is 0 Å². The van der Waals surface area contributed by atoms with Gasteiger partial charge in [-0.1, -0.05) is 0 Å². The Bertz CT molecular complexity index is 511. The molecule has 2 heterocycles. The lowest BCUT2D eigenvalue weighted by Gasteiger charge is -2.31. The van der Waals surface area contributed by atoms with E-state index in [-0.39, 0.29) is 36.6 Å². The normalized spacial score (nSPS) is 16.2. The average Bonchev–Trinajstić information content (AvgIpc) is 2.91. The monoisotopic (exact) mass is 404 g/mol. The van der Waals surface area contributed by atoms with E-state index < -0.39 is 19.0 Å². The van der Waals surface area contributed by atoms with Crippen molar-refractivity contribution >= 4 is 42.1 Å². The Morgan fingerprint density at radius 1 is 1.46 bits per heavy atom. The van der Waals surface area contributed by atoms with Crippen molar-refractivity contribution in [2.45, 2.75) is 32.2 Å². The van der Waals surface area contributed by atoms with Gasteiger partial charge >= 0.3 is 0 Å². The van der Waals surface area contributed by atoms with E-state index in [4.69, 9.17) is 5.73 Å². The molecule has 1 aromatic rings. The summed E-state index contributed by atoms with van der Waals surface area (Å²) in [6, 6.07) is 0. The summed E-state index contributed by atoms with van der Waals surface area (Å²) in [6.45, 7) is 2.88. The van der Waals surface area contributed by atoms with Gasteiger partial charge in [0, 0.05) is 17.8 Å². The molecule has 1 aliphatic heterocycles. The maximum atomic E-state index is 13.0. The molecule has 0 unspecified atom stereocenters. The van der Waals surface area contributed by atoms with Gasteiger partial charge in [-0.3, -0.25) is 9.69 Å². The van der Waals surface area contributed by atoms with Crippen LogP contribution in [0.5, 0.6) is 0 Å². The number of nitrogens with two attached hydrogens (primary N) is 1. The number of hydrogen-bond acceptors (Lipinski definition) is 5. The first-order valence-corrected chi connectivity index (χ1v) is 8.26. The molecule has 0 atom stereocenters. The third-order valence-electron chi connectivity index (χ3n) is 3.83. The first kappa shape index (κ1) is 23.5. The van der Waals surface area contributed by atoms with E-state index in [9.17, 15) is 13.6 Å². The van der Waals surface area contributed by atoms with Crippen molar-refractivity contribution in [3.05, 3.63) is 16.1 Å². The van der Waals surface area contributed by atoms with Gasteiger partial charge in [-0.15, -0.1) is 36.2 Å². The molecule has 2 rings (SSSR count). The molecule has 0 saturated carbocycles. The first-order chi connectivity index (χ1) is 10.4. The van der Waals surface area contributed by atoms with Gasteiger partial charge in [0.15, 0.2) is 0 Å². The van der Waals surface area contributed by atoms with E-state index in [1.54, 1.807) is 11.3 Å². The van der Waals surface area contributed by atoms with Crippen molar-refractivity contribution in [1.29, 1.82) is 0 Å². The molecule has 5 nitrogen and oxygen atoms in total. The number of aromatic nitrogens is 1. The molecular weight excluding hydrogens is 381 g/mol. The summed E-state index contributed by atoms with van der Waals surface area (Å²) in [7, 11) is 0. The molecule has 1 amide bonds. The van der Waals surface area contributed by atoms with Crippen molar-refractivity contribution in [3.8, 4) is 0 Å². The Morgan fingerprint density at radius 2 is 2.08 bits per heavy atom. The number of halogens is 4. The summed E-state index contributed by atoms with van der Waals surface area (Å²) >= 11 is 1.63. The van der Waals surface area contributed by atoms with Crippen LogP contribution in [0.2, 0.25) is 0 Å². The third-order valence-corrected chi connectivity index (χ3v) is 4.65. The van der Waals surface area contributed by atoms with Gasteiger partial charge in [0.05, 0.1) is 23.8 Å². The lowest BCUT2D eigenvalue weighted by atomic mass is 9.95. The maximum absolute atomic E-state index is 13.0. The SMILES string of the molecule is Cc1nc(CN2CCC(C(=O)NCC(F)(F)CN)CC2)cs1.Cl.Cl. The van der Waals surface area contributed by atoms with Crippen LogP contribution in [-0.2, 0) is 11.3 Å². The number of likely N-dealkylation sites (tertiary alicyclic amines) is 1. The van der Waals surface area contributed by atoms with Gasteiger partial charge in [-0.2, -0.15) is 0 Å². The highest BCUT2D eigenvalue weighted by Gasteiger charge is 2.30. The largest absolute Gasteiger partial charge is 0.350 e. The third kappa shape index (κ3) is 7.14. The van der Waals surface area contributed by atoms with Crippen molar-refractivity contribution in [2.75, 3.05) is 26.2 Å². The number of nitrogens with one attached hydrogen (secondary N) is 1. The van der Waals surface area contributed by atoms with Gasteiger partial charge in [-0.25, -0.2) is 13.8 Å². The molecule has 1 saturated heterocycles. The zero-order valence-corrected chi connectivity index (χ0v) is 15.9. The number of aryl methyl sites for hydroxylation is 1. The van der Waals surface area contributed by atoms with Gasteiger partial charge in [0.25, 0.3) is 5.92 Å². The molecule has 1 fully saturated rings. The average molecular weight is 405 g/mol. The van der Waals surface area contributed by atoms with Crippen molar-refractivity contribution in [3.63, 3.8) is 0 Å².